The van der Waals surface area contributed by atoms with Gasteiger partial charge in [0.1, 0.15) is 6.04 Å². The fourth-order valence-corrected chi connectivity index (χ4v) is 1.71. The summed E-state index contributed by atoms with van der Waals surface area (Å²) >= 11 is 0. The van der Waals surface area contributed by atoms with Crippen LogP contribution in [0.5, 0.6) is 0 Å². The highest BCUT2D eigenvalue weighted by molar-refractivity contribution is 5.82. The zero-order chi connectivity index (χ0) is 14.6. The molecule has 0 aliphatic carbocycles. The van der Waals surface area contributed by atoms with Crippen molar-refractivity contribution in [3.05, 3.63) is 17.5 Å². The minimum Gasteiger partial charge on any atom is -0.480 e. The number of rotatable bonds is 5. The van der Waals surface area contributed by atoms with Gasteiger partial charge in [-0.25, -0.2) is 9.59 Å². The predicted octanol–water partition coefficient (Wildman–Crippen LogP) is 0.637. The highest BCUT2D eigenvalue weighted by Gasteiger charge is 2.23. The van der Waals surface area contributed by atoms with Gasteiger partial charge in [-0.05, 0) is 18.9 Å². The monoisotopic (exact) mass is 268 g/mol. The molecule has 0 bridgehead atoms. The Morgan fingerprint density at radius 1 is 1.47 bits per heavy atom. The molecule has 0 saturated heterocycles. The Morgan fingerprint density at radius 3 is 2.53 bits per heavy atom. The van der Waals surface area contributed by atoms with E-state index in [1.165, 1.54) is 0 Å². The third kappa shape index (κ3) is 4.27. The molecule has 0 aliphatic heterocycles. The highest BCUT2D eigenvalue weighted by atomic mass is 16.4. The van der Waals surface area contributed by atoms with Gasteiger partial charge in [0, 0.05) is 7.05 Å². The van der Waals surface area contributed by atoms with E-state index in [-0.39, 0.29) is 5.92 Å². The molecule has 1 aromatic rings. The summed E-state index contributed by atoms with van der Waals surface area (Å²) in [4.78, 5) is 22.6. The van der Waals surface area contributed by atoms with Gasteiger partial charge in [0.05, 0.1) is 17.9 Å². The Morgan fingerprint density at radius 2 is 2.11 bits per heavy atom. The molecule has 0 aromatic carbocycles. The van der Waals surface area contributed by atoms with Crippen molar-refractivity contribution in [1.82, 2.24) is 20.4 Å². The van der Waals surface area contributed by atoms with Crippen molar-refractivity contribution in [2.75, 3.05) is 0 Å². The lowest BCUT2D eigenvalue weighted by Crippen LogP contribution is -2.48. The number of hydrogen-bond acceptors (Lipinski definition) is 3. The number of aromatic nitrogens is 2. The van der Waals surface area contributed by atoms with E-state index in [0.717, 1.165) is 11.4 Å². The van der Waals surface area contributed by atoms with Gasteiger partial charge in [-0.3, -0.25) is 4.68 Å². The summed E-state index contributed by atoms with van der Waals surface area (Å²) in [5.74, 6) is -1.22. The first kappa shape index (κ1) is 15.0. The first-order valence-corrected chi connectivity index (χ1v) is 6.08. The molecule has 7 nitrogen and oxygen atoms in total. The van der Waals surface area contributed by atoms with Crippen LogP contribution in [0.4, 0.5) is 4.79 Å². The summed E-state index contributed by atoms with van der Waals surface area (Å²) in [6.45, 7) is 5.64. The molecule has 0 saturated carbocycles. The number of amides is 2. The molecule has 1 atom stereocenters. The molecule has 1 heterocycles. The van der Waals surface area contributed by atoms with Crippen LogP contribution in [0, 0.1) is 12.8 Å². The van der Waals surface area contributed by atoms with Gasteiger partial charge < -0.3 is 15.7 Å². The number of carboxylic acid groups (broad SMARTS) is 1. The maximum Gasteiger partial charge on any atom is 0.326 e. The standard InChI is InChI=1S/C12H20N4O3/c1-7(2)10(11(17)18)14-12(19)13-6-9-5-8(3)15-16(9)4/h5,7,10H,6H2,1-4H3,(H,17,18)(H2,13,14,19). The van der Waals surface area contributed by atoms with Gasteiger partial charge in [-0.1, -0.05) is 13.8 Å². The maximum absolute atomic E-state index is 11.6. The maximum atomic E-state index is 11.6. The number of nitrogens with one attached hydrogen (secondary N) is 2. The number of carbonyl (C=O) groups is 2. The molecule has 1 aromatic heterocycles. The first-order chi connectivity index (χ1) is 8.81. The topological polar surface area (TPSA) is 96.3 Å². The summed E-state index contributed by atoms with van der Waals surface area (Å²) in [5, 5.41) is 18.2. The van der Waals surface area contributed by atoms with Crippen molar-refractivity contribution in [3.63, 3.8) is 0 Å². The Hall–Kier alpha value is -2.05. The predicted molar refractivity (Wildman–Crippen MR) is 69.6 cm³/mol. The quantitative estimate of drug-likeness (QED) is 0.730. The van der Waals surface area contributed by atoms with E-state index in [4.69, 9.17) is 5.11 Å². The van der Waals surface area contributed by atoms with Crippen LogP contribution in [0.25, 0.3) is 0 Å². The zero-order valence-electron chi connectivity index (χ0n) is 11.6. The average Bonchev–Trinajstić information content (AvgIpc) is 2.61. The van der Waals surface area contributed by atoms with Gasteiger partial charge in [0.25, 0.3) is 0 Å². The van der Waals surface area contributed by atoms with Gasteiger partial charge >= 0.3 is 12.0 Å². The van der Waals surface area contributed by atoms with Crippen LogP contribution in [-0.4, -0.2) is 32.9 Å². The van der Waals surface area contributed by atoms with E-state index in [9.17, 15) is 9.59 Å². The number of urea groups is 1. The molecule has 0 fully saturated rings. The summed E-state index contributed by atoms with van der Waals surface area (Å²) < 4.78 is 1.67. The average molecular weight is 268 g/mol. The van der Waals surface area contributed by atoms with Gasteiger partial charge in [0.15, 0.2) is 0 Å². The van der Waals surface area contributed by atoms with Crippen LogP contribution < -0.4 is 10.6 Å². The molecule has 2 amide bonds. The van der Waals surface area contributed by atoms with Crippen molar-refractivity contribution < 1.29 is 14.7 Å². The Balaban J connectivity index is 2.52. The lowest BCUT2D eigenvalue weighted by atomic mass is 10.1. The second-order valence-electron chi connectivity index (χ2n) is 4.79. The molecule has 0 aliphatic rings. The van der Waals surface area contributed by atoms with Crippen LogP contribution in [0.3, 0.4) is 0 Å². The number of carbonyl (C=O) groups excluding carboxylic acids is 1. The Kier molecular flexibility index (Phi) is 4.91. The van der Waals surface area contributed by atoms with E-state index in [0.29, 0.717) is 6.54 Å². The third-order valence-electron chi connectivity index (χ3n) is 2.75. The molecule has 0 radical (unpaired) electrons. The number of aliphatic carboxylic acids is 1. The number of aryl methyl sites for hydroxylation is 2. The zero-order valence-corrected chi connectivity index (χ0v) is 11.6. The van der Waals surface area contributed by atoms with Gasteiger partial charge in [0.2, 0.25) is 0 Å². The lowest BCUT2D eigenvalue weighted by Gasteiger charge is -2.18. The molecule has 7 heteroatoms. The Bertz CT molecular complexity index is 468. The van der Waals surface area contributed by atoms with Crippen LogP contribution in [0.15, 0.2) is 6.07 Å². The molecular weight excluding hydrogens is 248 g/mol. The number of carboxylic acids is 1. The van der Waals surface area contributed by atoms with Crippen molar-refractivity contribution in [1.29, 1.82) is 0 Å². The minimum atomic E-state index is -1.04. The molecule has 1 unspecified atom stereocenters. The molecule has 3 N–H and O–H groups in total. The summed E-state index contributed by atoms with van der Waals surface area (Å²) in [7, 11) is 1.79. The van der Waals surface area contributed by atoms with E-state index < -0.39 is 18.0 Å². The van der Waals surface area contributed by atoms with Crippen LogP contribution in [0.2, 0.25) is 0 Å². The van der Waals surface area contributed by atoms with Crippen LogP contribution in [-0.2, 0) is 18.4 Å². The van der Waals surface area contributed by atoms with Crippen LogP contribution >= 0.6 is 0 Å². The molecular formula is C12H20N4O3. The SMILES string of the molecule is Cc1cc(CNC(=O)NC(C(=O)O)C(C)C)n(C)n1. The fraction of sp³-hybridized carbons (Fsp3) is 0.583. The van der Waals surface area contributed by atoms with E-state index >= 15 is 0 Å². The molecule has 19 heavy (non-hydrogen) atoms. The number of hydrogen-bond donors (Lipinski definition) is 3. The smallest absolute Gasteiger partial charge is 0.326 e. The Labute approximate surface area is 112 Å². The minimum absolute atomic E-state index is 0.179. The fourth-order valence-electron chi connectivity index (χ4n) is 1.71. The molecule has 106 valence electrons. The summed E-state index contributed by atoms with van der Waals surface area (Å²) in [5.41, 5.74) is 1.72. The highest BCUT2D eigenvalue weighted by Crippen LogP contribution is 2.03. The first-order valence-electron chi connectivity index (χ1n) is 6.08. The normalized spacial score (nSPS) is 12.3. The second-order valence-corrected chi connectivity index (χ2v) is 4.79. The second kappa shape index (κ2) is 6.21. The van der Waals surface area contributed by atoms with E-state index in [1.54, 1.807) is 25.6 Å². The van der Waals surface area contributed by atoms with Crippen molar-refractivity contribution in [3.8, 4) is 0 Å². The van der Waals surface area contributed by atoms with Crippen molar-refractivity contribution in [2.24, 2.45) is 13.0 Å². The van der Waals surface area contributed by atoms with Crippen molar-refractivity contribution in [2.45, 2.75) is 33.4 Å². The van der Waals surface area contributed by atoms with Crippen molar-refractivity contribution >= 4 is 12.0 Å². The summed E-state index contributed by atoms with van der Waals surface area (Å²) in [6.07, 6.45) is 0. The largest absolute Gasteiger partial charge is 0.480 e. The van der Waals surface area contributed by atoms with Gasteiger partial charge in [-0.15, -0.1) is 0 Å². The van der Waals surface area contributed by atoms with Gasteiger partial charge in [-0.2, -0.15) is 5.10 Å². The van der Waals surface area contributed by atoms with E-state index in [2.05, 4.69) is 15.7 Å². The lowest BCUT2D eigenvalue weighted by molar-refractivity contribution is -0.140. The molecule has 1 rings (SSSR count). The third-order valence-corrected chi connectivity index (χ3v) is 2.75. The van der Waals surface area contributed by atoms with Crippen LogP contribution in [0.1, 0.15) is 25.2 Å². The van der Waals surface area contributed by atoms with E-state index in [1.807, 2.05) is 13.0 Å². The number of nitrogens with zero attached hydrogens (tertiary/aromatic N) is 2. The summed E-state index contributed by atoms with van der Waals surface area (Å²) in [6, 6.07) is 0.463. The molecule has 0 spiro atoms.